The van der Waals surface area contributed by atoms with Gasteiger partial charge in [0.05, 0.1) is 17.8 Å². The first-order valence-electron chi connectivity index (χ1n) is 15.9. The molecule has 3 aromatic carbocycles. The predicted octanol–water partition coefficient (Wildman–Crippen LogP) is 6.09. The Hall–Kier alpha value is -5.04. The third-order valence-electron chi connectivity index (χ3n) is 9.50. The Kier molecular flexibility index (Phi) is 8.26. The molecule has 3 aliphatic rings. The molecule has 7 rings (SSSR count). The SMILES string of the molecule is NC(=O)c1cn(CC(=O)N2[C@H](C(=O)Nc3cccc(-c4ccccc4Cl)c3F)C[C@H]3C[C@@H]32)c2ccc(NC(=O)N3CCCC(F)(F)C3)cc12. The van der Waals surface area contributed by atoms with Gasteiger partial charge in [0.15, 0.2) is 5.82 Å². The van der Waals surface area contributed by atoms with Crippen LogP contribution >= 0.6 is 11.6 Å². The second kappa shape index (κ2) is 12.4. The summed E-state index contributed by atoms with van der Waals surface area (Å²) in [6.07, 6.45) is 2.51. The molecular weight excluding hydrogens is 661 g/mol. The number of aromatic nitrogens is 1. The van der Waals surface area contributed by atoms with Crippen molar-refractivity contribution in [3.63, 3.8) is 0 Å². The van der Waals surface area contributed by atoms with Crippen molar-refractivity contribution in [2.24, 2.45) is 11.7 Å². The van der Waals surface area contributed by atoms with Gasteiger partial charge in [-0.2, -0.15) is 0 Å². The molecule has 4 N–H and O–H groups in total. The van der Waals surface area contributed by atoms with Crippen LogP contribution in [0.25, 0.3) is 22.0 Å². The summed E-state index contributed by atoms with van der Waals surface area (Å²) < 4.78 is 44.9. The number of likely N-dealkylation sites (tertiary alicyclic amines) is 2. The zero-order chi connectivity index (χ0) is 34.6. The molecule has 3 atom stereocenters. The molecule has 1 aromatic heterocycles. The van der Waals surface area contributed by atoms with E-state index in [-0.39, 0.29) is 66.3 Å². The van der Waals surface area contributed by atoms with Gasteiger partial charge in [0.25, 0.3) is 11.8 Å². The highest BCUT2D eigenvalue weighted by Gasteiger charge is 2.56. The van der Waals surface area contributed by atoms with Crippen molar-refractivity contribution in [2.45, 2.75) is 50.2 Å². The van der Waals surface area contributed by atoms with Gasteiger partial charge >= 0.3 is 6.03 Å². The van der Waals surface area contributed by atoms with Crippen LogP contribution in [-0.2, 0) is 16.1 Å². The van der Waals surface area contributed by atoms with Gasteiger partial charge in [-0.15, -0.1) is 0 Å². The highest BCUT2D eigenvalue weighted by molar-refractivity contribution is 6.33. The van der Waals surface area contributed by atoms with Crippen molar-refractivity contribution in [3.8, 4) is 11.1 Å². The monoisotopic (exact) mass is 692 g/mol. The summed E-state index contributed by atoms with van der Waals surface area (Å²) >= 11 is 6.29. The number of alkyl halides is 2. The lowest BCUT2D eigenvalue weighted by Crippen LogP contribution is -2.47. The topological polar surface area (TPSA) is 130 Å². The number of rotatable bonds is 7. The van der Waals surface area contributed by atoms with Crippen LogP contribution in [0.5, 0.6) is 0 Å². The molecule has 2 saturated heterocycles. The number of nitrogens with one attached hydrogen (secondary N) is 2. The number of piperidine rings is 2. The van der Waals surface area contributed by atoms with Gasteiger partial charge in [0.2, 0.25) is 11.8 Å². The zero-order valence-corrected chi connectivity index (χ0v) is 26.9. The van der Waals surface area contributed by atoms with Gasteiger partial charge in [-0.25, -0.2) is 18.0 Å². The van der Waals surface area contributed by atoms with Crippen molar-refractivity contribution in [2.75, 3.05) is 23.7 Å². The number of halogens is 4. The molecule has 0 spiro atoms. The van der Waals surface area contributed by atoms with E-state index in [4.69, 9.17) is 17.3 Å². The fourth-order valence-electron chi connectivity index (χ4n) is 7.05. The number of amides is 5. The number of carbonyl (C=O) groups excluding carboxylic acids is 4. The molecular formula is C35H32ClF3N6O4. The maximum absolute atomic E-state index is 15.6. The number of nitrogens with zero attached hydrogens (tertiary/aromatic N) is 3. The maximum atomic E-state index is 15.6. The summed E-state index contributed by atoms with van der Waals surface area (Å²) in [6, 6.07) is 14.4. The highest BCUT2D eigenvalue weighted by Crippen LogP contribution is 2.48. The van der Waals surface area contributed by atoms with E-state index in [1.54, 1.807) is 53.1 Å². The van der Waals surface area contributed by atoms with Crippen LogP contribution in [0.15, 0.2) is 66.9 Å². The van der Waals surface area contributed by atoms with E-state index in [0.717, 1.165) is 11.3 Å². The van der Waals surface area contributed by atoms with Crippen molar-refractivity contribution in [3.05, 3.63) is 83.3 Å². The van der Waals surface area contributed by atoms with E-state index in [9.17, 15) is 28.0 Å². The van der Waals surface area contributed by atoms with Crippen LogP contribution in [0.3, 0.4) is 0 Å². The minimum Gasteiger partial charge on any atom is -0.366 e. The van der Waals surface area contributed by atoms with Gasteiger partial charge in [0, 0.05) is 57.9 Å². The van der Waals surface area contributed by atoms with Crippen LogP contribution in [0.4, 0.5) is 29.3 Å². The molecule has 3 fully saturated rings. The Morgan fingerprint density at radius 2 is 1.76 bits per heavy atom. The first-order valence-corrected chi connectivity index (χ1v) is 16.3. The third kappa shape index (κ3) is 6.30. The second-order valence-electron chi connectivity index (χ2n) is 12.8. The van der Waals surface area contributed by atoms with Crippen LogP contribution in [0, 0.1) is 11.7 Å². The molecule has 1 aliphatic carbocycles. The van der Waals surface area contributed by atoms with Gasteiger partial charge in [-0.1, -0.05) is 41.9 Å². The summed E-state index contributed by atoms with van der Waals surface area (Å²) in [5, 5.41) is 6.00. The van der Waals surface area contributed by atoms with Crippen molar-refractivity contribution in [1.29, 1.82) is 0 Å². The average molecular weight is 693 g/mol. The Morgan fingerprint density at radius 3 is 2.51 bits per heavy atom. The van der Waals surface area contributed by atoms with Gasteiger partial charge < -0.3 is 30.7 Å². The Bertz CT molecular complexity index is 2020. The Morgan fingerprint density at radius 1 is 0.980 bits per heavy atom. The molecule has 3 heterocycles. The summed E-state index contributed by atoms with van der Waals surface area (Å²) in [4.78, 5) is 55.1. The summed E-state index contributed by atoms with van der Waals surface area (Å²) in [5.74, 6) is -5.11. The number of urea groups is 1. The number of nitrogens with two attached hydrogens (primary N) is 1. The second-order valence-corrected chi connectivity index (χ2v) is 13.2. The molecule has 14 heteroatoms. The zero-order valence-electron chi connectivity index (χ0n) is 26.1. The third-order valence-corrected chi connectivity index (χ3v) is 9.83. The van der Waals surface area contributed by atoms with Gasteiger partial charge in [-0.05, 0) is 55.5 Å². The molecule has 10 nitrogen and oxygen atoms in total. The Balaban J connectivity index is 1.09. The number of anilines is 2. The van der Waals surface area contributed by atoms with Crippen LogP contribution < -0.4 is 16.4 Å². The molecule has 1 saturated carbocycles. The predicted molar refractivity (Wildman–Crippen MR) is 178 cm³/mol. The summed E-state index contributed by atoms with van der Waals surface area (Å²) in [6.45, 7) is -0.717. The molecule has 2 aliphatic heterocycles. The standard InChI is InChI=1S/C35H32ClF3N6O4/c36-25-7-2-1-5-21(25)22-6-3-8-26(31(22)37)42-33(48)29-14-19-13-28(19)45(29)30(46)17-44-16-24(32(40)47)23-15-20(9-10-27(23)44)41-34(49)43-12-4-11-35(38,39)18-43/h1-3,5-10,15-16,19,28-29H,4,11-14,17-18H2,(H2,40,47)(H,41,49)(H,42,48)/t19-,28+,29+/m1/s1. The van der Waals surface area contributed by atoms with Crippen LogP contribution in [0.1, 0.15) is 36.0 Å². The van der Waals surface area contributed by atoms with E-state index in [1.807, 2.05) is 0 Å². The summed E-state index contributed by atoms with van der Waals surface area (Å²) in [7, 11) is 0. The van der Waals surface area contributed by atoms with E-state index >= 15 is 4.39 Å². The number of hydrogen-bond donors (Lipinski definition) is 3. The molecule has 0 radical (unpaired) electrons. The fraction of sp³-hybridized carbons (Fsp3) is 0.314. The minimum atomic E-state index is -2.96. The fourth-order valence-corrected chi connectivity index (χ4v) is 7.29. The first-order chi connectivity index (χ1) is 23.4. The van der Waals surface area contributed by atoms with E-state index in [0.29, 0.717) is 27.9 Å². The van der Waals surface area contributed by atoms with Gasteiger partial charge in [0.1, 0.15) is 12.6 Å². The number of benzene rings is 3. The van der Waals surface area contributed by atoms with E-state index < -0.39 is 42.2 Å². The summed E-state index contributed by atoms with van der Waals surface area (Å²) in [5.41, 5.74) is 7.16. The minimum absolute atomic E-state index is 0.0326. The molecule has 0 bridgehead atoms. The molecule has 254 valence electrons. The lowest BCUT2D eigenvalue weighted by molar-refractivity contribution is -0.138. The maximum Gasteiger partial charge on any atom is 0.322 e. The average Bonchev–Trinajstić information content (AvgIpc) is 3.57. The number of primary amides is 1. The highest BCUT2D eigenvalue weighted by atomic mass is 35.5. The number of fused-ring (bicyclic) bond motifs is 2. The van der Waals surface area contributed by atoms with Gasteiger partial charge in [-0.3, -0.25) is 14.4 Å². The lowest BCUT2D eigenvalue weighted by atomic mass is 10.0. The smallest absolute Gasteiger partial charge is 0.322 e. The first kappa shape index (κ1) is 32.5. The number of hydrogen-bond acceptors (Lipinski definition) is 4. The van der Waals surface area contributed by atoms with Crippen LogP contribution in [-0.4, -0.2) is 69.2 Å². The van der Waals surface area contributed by atoms with E-state index in [1.165, 1.54) is 23.2 Å². The van der Waals surface area contributed by atoms with Crippen LogP contribution in [0.2, 0.25) is 5.02 Å². The van der Waals surface area contributed by atoms with Crippen molar-refractivity contribution in [1.82, 2.24) is 14.4 Å². The number of carbonyl (C=O) groups is 4. The largest absolute Gasteiger partial charge is 0.366 e. The van der Waals surface area contributed by atoms with E-state index in [2.05, 4.69) is 10.6 Å². The molecule has 0 unspecified atom stereocenters. The molecule has 5 amide bonds. The van der Waals surface area contributed by atoms with Crippen molar-refractivity contribution >= 4 is 57.6 Å². The molecule has 49 heavy (non-hydrogen) atoms. The normalized spacial score (nSPS) is 20.9. The van der Waals surface area contributed by atoms with Crippen molar-refractivity contribution < 1.29 is 32.3 Å². The lowest BCUT2D eigenvalue weighted by Gasteiger charge is -2.32. The Labute approximate surface area is 284 Å². The molecule has 4 aromatic rings. The quantitative estimate of drug-likeness (QED) is 0.217.